The molecule has 8 heteroatoms. The first-order valence-electron chi connectivity index (χ1n) is 19.1. The minimum atomic E-state index is -0.380. The van der Waals surface area contributed by atoms with Crippen molar-refractivity contribution in [2.24, 2.45) is 58.4 Å². The molecule has 10 aliphatic rings. The molecule has 0 N–H and O–H groups in total. The lowest BCUT2D eigenvalue weighted by Crippen LogP contribution is -2.71. The highest BCUT2D eigenvalue weighted by Crippen LogP contribution is 2.63. The van der Waals surface area contributed by atoms with Gasteiger partial charge in [0.15, 0.2) is 0 Å². The van der Waals surface area contributed by atoms with E-state index in [2.05, 4.69) is 55.4 Å². The van der Waals surface area contributed by atoms with Crippen LogP contribution in [-0.4, -0.2) is 59.1 Å². The van der Waals surface area contributed by atoms with Gasteiger partial charge in [-0.25, -0.2) is 19.6 Å². The maximum atomic E-state index is 7.32. The Morgan fingerprint density at radius 1 is 0.696 bits per heavy atom. The lowest BCUT2D eigenvalue weighted by atomic mass is 9.55. The molecule has 8 nitrogen and oxygen atoms in total. The van der Waals surface area contributed by atoms with Crippen LogP contribution < -0.4 is 0 Å². The molecule has 0 aromatic rings. The standard InChI is InChI=1S/C38H61NO7/c1-21(2)20-40-39-30(34-25(6)29-12-10-23(4)27-14-16-36(8)19-33(42-34)38(27,29)46-44-36)17-31-24(5)28-11-9-22(3)26-13-15-35(7)18-32(41-31)37(26,28)45-43-35/h21-29,31-34H,9-20H2,1-8H3/b39-30-/t22-,23-,24-,25-,26+,27+,28+,29+,31-,32-,33-,34+,35+,36+,37-,38-/m1/s1. The number of hydrogen-bond acceptors (Lipinski definition) is 8. The van der Waals surface area contributed by atoms with Gasteiger partial charge in [0.25, 0.3) is 0 Å². The van der Waals surface area contributed by atoms with E-state index in [-0.39, 0.29) is 52.7 Å². The summed E-state index contributed by atoms with van der Waals surface area (Å²) in [6.45, 7) is 19.0. The van der Waals surface area contributed by atoms with E-state index >= 15 is 0 Å². The van der Waals surface area contributed by atoms with Crippen molar-refractivity contribution in [2.45, 2.75) is 173 Å². The fourth-order valence-corrected chi connectivity index (χ4v) is 12.3. The summed E-state index contributed by atoms with van der Waals surface area (Å²) in [6.07, 6.45) is 11.5. The molecule has 0 aromatic carbocycles. The Morgan fingerprint density at radius 2 is 1.24 bits per heavy atom. The first-order chi connectivity index (χ1) is 21.9. The Morgan fingerprint density at radius 3 is 1.80 bits per heavy atom. The molecule has 4 bridgehead atoms. The van der Waals surface area contributed by atoms with Crippen LogP contribution in [0.4, 0.5) is 0 Å². The van der Waals surface area contributed by atoms with E-state index in [4.69, 9.17) is 39.0 Å². The number of rotatable bonds is 6. The molecule has 260 valence electrons. The van der Waals surface area contributed by atoms with Gasteiger partial charge in [0.1, 0.15) is 35.1 Å². The van der Waals surface area contributed by atoms with Crippen LogP contribution in [0.1, 0.15) is 126 Å². The van der Waals surface area contributed by atoms with Crippen molar-refractivity contribution in [3.8, 4) is 0 Å². The van der Waals surface area contributed by atoms with Crippen molar-refractivity contribution >= 4 is 5.71 Å². The minimum absolute atomic E-state index is 0.0142. The number of nitrogens with zero attached hydrogens (tertiary/aromatic N) is 1. The monoisotopic (exact) mass is 643 g/mol. The smallest absolute Gasteiger partial charge is 0.136 e. The Labute approximate surface area is 277 Å². The third-order valence-electron chi connectivity index (χ3n) is 14.9. The molecule has 6 heterocycles. The second-order valence-corrected chi connectivity index (χ2v) is 18.4. The average molecular weight is 644 g/mol. The fourth-order valence-electron chi connectivity index (χ4n) is 12.3. The second kappa shape index (κ2) is 11.4. The van der Waals surface area contributed by atoms with Crippen LogP contribution in [0.3, 0.4) is 0 Å². The van der Waals surface area contributed by atoms with E-state index in [0.717, 1.165) is 63.5 Å². The second-order valence-electron chi connectivity index (χ2n) is 18.4. The Balaban J connectivity index is 1.12. The minimum Gasteiger partial charge on any atom is -0.396 e. The van der Waals surface area contributed by atoms with Crippen LogP contribution in [0, 0.1) is 53.3 Å². The fraction of sp³-hybridized carbons (Fsp3) is 0.974. The predicted octanol–water partition coefficient (Wildman–Crippen LogP) is 7.82. The van der Waals surface area contributed by atoms with Crippen molar-refractivity contribution in [3.05, 3.63) is 0 Å². The molecule has 0 amide bonds. The molecule has 46 heavy (non-hydrogen) atoms. The molecule has 0 unspecified atom stereocenters. The first-order valence-corrected chi connectivity index (χ1v) is 19.1. The molecule has 10 fully saturated rings. The van der Waals surface area contributed by atoms with Gasteiger partial charge in [0.05, 0.1) is 24.0 Å². The van der Waals surface area contributed by atoms with Crippen LogP contribution in [0.5, 0.6) is 0 Å². The summed E-state index contributed by atoms with van der Waals surface area (Å²) in [4.78, 5) is 31.9. The van der Waals surface area contributed by atoms with Crippen molar-refractivity contribution in [1.82, 2.24) is 0 Å². The largest absolute Gasteiger partial charge is 0.396 e. The van der Waals surface area contributed by atoms with Crippen LogP contribution in [0.15, 0.2) is 5.16 Å². The third-order valence-corrected chi connectivity index (χ3v) is 14.9. The van der Waals surface area contributed by atoms with Crippen molar-refractivity contribution in [1.29, 1.82) is 0 Å². The van der Waals surface area contributed by atoms with E-state index in [1.165, 1.54) is 12.8 Å². The average Bonchev–Trinajstić information content (AvgIpc) is 3.38. The van der Waals surface area contributed by atoms with Gasteiger partial charge < -0.3 is 14.3 Å². The van der Waals surface area contributed by atoms with Crippen LogP contribution in [-0.2, 0) is 33.9 Å². The molecule has 4 aliphatic carbocycles. The van der Waals surface area contributed by atoms with Gasteiger partial charge >= 0.3 is 0 Å². The highest BCUT2D eigenvalue weighted by molar-refractivity contribution is 5.89. The SMILES string of the molecule is CC(C)CO/N=C(/C[C@H]1O[C@@H]2C[C@]3(C)CC[C@H]4[C@H](C)CC[C@@H]([C@H]1C)[C@@]24OO3)[C@H]1O[C@@H]2C[C@]3(C)CC[C@H]4[C@H](C)CC[C@@H]([C@H]1C)[C@@]24OO3. The summed E-state index contributed by atoms with van der Waals surface area (Å²) in [5.74, 6) is 3.83. The summed E-state index contributed by atoms with van der Waals surface area (Å²) in [5, 5.41) is 4.98. The van der Waals surface area contributed by atoms with E-state index < -0.39 is 0 Å². The Kier molecular flexibility index (Phi) is 8.02. The van der Waals surface area contributed by atoms with E-state index in [9.17, 15) is 0 Å². The van der Waals surface area contributed by atoms with Crippen molar-refractivity contribution in [3.63, 3.8) is 0 Å². The molecule has 6 aliphatic heterocycles. The van der Waals surface area contributed by atoms with E-state index in [1.54, 1.807) is 0 Å². The summed E-state index contributed by atoms with van der Waals surface area (Å²) in [5.41, 5.74) is -0.319. The number of ether oxygens (including phenoxy) is 2. The summed E-state index contributed by atoms with van der Waals surface area (Å²) in [7, 11) is 0. The molecule has 10 rings (SSSR count). The number of hydrogen-bond donors (Lipinski definition) is 0. The van der Waals surface area contributed by atoms with Crippen LogP contribution in [0.2, 0.25) is 0 Å². The van der Waals surface area contributed by atoms with Gasteiger partial charge in [-0.2, -0.15) is 0 Å². The molecule has 2 spiro atoms. The van der Waals surface area contributed by atoms with Gasteiger partial charge in [0.2, 0.25) is 0 Å². The van der Waals surface area contributed by atoms with E-state index in [0.29, 0.717) is 54.0 Å². The normalized spacial score (nSPS) is 56.2. The zero-order valence-corrected chi connectivity index (χ0v) is 29.8. The van der Waals surface area contributed by atoms with Gasteiger partial charge in [0, 0.05) is 19.3 Å². The molecule has 6 saturated heterocycles. The maximum absolute atomic E-state index is 7.32. The van der Waals surface area contributed by atoms with Crippen molar-refractivity contribution in [2.75, 3.05) is 6.61 Å². The van der Waals surface area contributed by atoms with Crippen molar-refractivity contribution < 1.29 is 33.9 Å². The summed E-state index contributed by atoms with van der Waals surface area (Å²) < 4.78 is 14.6. The highest BCUT2D eigenvalue weighted by atomic mass is 17.2. The third kappa shape index (κ3) is 4.76. The van der Waals surface area contributed by atoms with Gasteiger partial charge in [-0.1, -0.05) is 46.7 Å². The Hall–Kier alpha value is -0.770. The highest BCUT2D eigenvalue weighted by Gasteiger charge is 2.70. The topological polar surface area (TPSA) is 77.0 Å². The first kappa shape index (κ1) is 32.4. The van der Waals surface area contributed by atoms with Crippen LogP contribution in [0.25, 0.3) is 0 Å². The van der Waals surface area contributed by atoms with E-state index in [1.807, 2.05) is 0 Å². The quantitative estimate of drug-likeness (QED) is 0.166. The molecule has 0 aromatic heterocycles. The molecule has 16 atom stereocenters. The number of fused-ring (bicyclic) bond motifs is 4. The number of oxime groups is 1. The lowest BCUT2D eigenvalue weighted by Gasteiger charge is -2.62. The summed E-state index contributed by atoms with van der Waals surface area (Å²) in [6, 6.07) is 0. The van der Waals surface area contributed by atoms with Gasteiger partial charge in [-0.05, 0) is 118 Å². The Bertz CT molecular complexity index is 1200. The summed E-state index contributed by atoms with van der Waals surface area (Å²) >= 11 is 0. The molecule has 4 saturated carbocycles. The van der Waals surface area contributed by atoms with Crippen LogP contribution >= 0.6 is 0 Å². The van der Waals surface area contributed by atoms with Gasteiger partial charge in [-0.15, -0.1) is 0 Å². The zero-order chi connectivity index (χ0) is 32.2. The molecular formula is C38H61NO7. The van der Waals surface area contributed by atoms with Gasteiger partial charge in [-0.3, -0.25) is 0 Å². The zero-order valence-electron chi connectivity index (χ0n) is 29.8. The molecule has 0 radical (unpaired) electrons. The molecular weight excluding hydrogens is 582 g/mol. The lowest BCUT2D eigenvalue weighted by molar-refractivity contribution is -0.487. The predicted molar refractivity (Wildman–Crippen MR) is 174 cm³/mol. The maximum Gasteiger partial charge on any atom is 0.136 e.